The van der Waals surface area contributed by atoms with Gasteiger partial charge < -0.3 is 10.2 Å². The van der Waals surface area contributed by atoms with Crippen LogP contribution < -0.4 is 10.2 Å². The Morgan fingerprint density at radius 2 is 1.88 bits per heavy atom. The Kier molecular flexibility index (Phi) is 6.34. The molecule has 1 fully saturated rings. The highest BCUT2D eigenvalue weighted by Crippen LogP contribution is 2.22. The highest BCUT2D eigenvalue weighted by atomic mass is 32.2. The molecule has 0 unspecified atom stereocenters. The van der Waals surface area contributed by atoms with E-state index in [1.807, 2.05) is 49.4 Å². The number of benzene rings is 2. The summed E-state index contributed by atoms with van der Waals surface area (Å²) in [5.74, 6) is 1.78. The van der Waals surface area contributed by atoms with Crippen LogP contribution >= 0.6 is 11.8 Å². The first-order chi connectivity index (χ1) is 12.6. The average Bonchev–Trinajstić information content (AvgIpc) is 3.00. The second-order valence-corrected chi connectivity index (χ2v) is 7.70. The fourth-order valence-electron chi connectivity index (χ4n) is 3.01. The quantitative estimate of drug-likeness (QED) is 0.761. The van der Waals surface area contributed by atoms with Crippen LogP contribution in [-0.4, -0.2) is 30.2 Å². The highest BCUT2D eigenvalue weighted by Gasteiger charge is 2.31. The van der Waals surface area contributed by atoms with Crippen LogP contribution in [0.2, 0.25) is 0 Å². The Hall–Kier alpha value is -2.27. The molecule has 1 aliphatic heterocycles. The number of amides is 2. The van der Waals surface area contributed by atoms with E-state index in [9.17, 15) is 9.59 Å². The van der Waals surface area contributed by atoms with Crippen molar-refractivity contribution >= 4 is 29.3 Å². The minimum Gasteiger partial charge on any atom is -0.351 e. The molecule has 1 N–H and O–H groups in total. The Morgan fingerprint density at radius 1 is 1.15 bits per heavy atom. The zero-order valence-corrected chi connectivity index (χ0v) is 15.8. The lowest BCUT2D eigenvalue weighted by atomic mass is 10.2. The molecule has 1 heterocycles. The van der Waals surface area contributed by atoms with Crippen molar-refractivity contribution in [2.24, 2.45) is 0 Å². The Bertz CT molecular complexity index is 746. The fourth-order valence-corrected chi connectivity index (χ4v) is 3.91. The van der Waals surface area contributed by atoms with E-state index in [0.717, 1.165) is 17.2 Å². The van der Waals surface area contributed by atoms with Crippen molar-refractivity contribution in [1.29, 1.82) is 0 Å². The van der Waals surface area contributed by atoms with Gasteiger partial charge in [0.05, 0.1) is 6.04 Å². The lowest BCUT2D eigenvalue weighted by Crippen LogP contribution is -2.37. The van der Waals surface area contributed by atoms with Gasteiger partial charge in [-0.15, -0.1) is 0 Å². The van der Waals surface area contributed by atoms with Crippen LogP contribution in [-0.2, 0) is 15.3 Å². The minimum absolute atomic E-state index is 0.0223. The molecule has 26 heavy (non-hydrogen) atoms. The van der Waals surface area contributed by atoms with E-state index in [0.29, 0.717) is 19.4 Å². The van der Waals surface area contributed by atoms with E-state index in [2.05, 4.69) is 17.4 Å². The van der Waals surface area contributed by atoms with Gasteiger partial charge >= 0.3 is 0 Å². The molecular formula is C21H24N2O2S. The summed E-state index contributed by atoms with van der Waals surface area (Å²) in [6.07, 6.45) is 0.851. The van der Waals surface area contributed by atoms with Crippen LogP contribution in [0.1, 0.15) is 24.0 Å². The number of thioether (sulfide) groups is 1. The summed E-state index contributed by atoms with van der Waals surface area (Å²) in [6, 6.07) is 18.1. The number of aryl methyl sites for hydroxylation is 1. The van der Waals surface area contributed by atoms with Gasteiger partial charge in [-0.2, -0.15) is 11.8 Å². The fraction of sp³-hybridized carbons (Fsp3) is 0.333. The molecule has 0 saturated carbocycles. The highest BCUT2D eigenvalue weighted by molar-refractivity contribution is 7.98. The van der Waals surface area contributed by atoms with Crippen molar-refractivity contribution in [3.8, 4) is 0 Å². The number of hydrogen-bond donors (Lipinski definition) is 1. The lowest BCUT2D eigenvalue weighted by Gasteiger charge is -2.17. The van der Waals surface area contributed by atoms with Crippen LogP contribution in [0.5, 0.6) is 0 Å². The van der Waals surface area contributed by atoms with Crippen molar-refractivity contribution in [2.45, 2.75) is 31.6 Å². The van der Waals surface area contributed by atoms with Gasteiger partial charge in [-0.25, -0.2) is 0 Å². The van der Waals surface area contributed by atoms with Crippen LogP contribution in [0.15, 0.2) is 54.6 Å². The van der Waals surface area contributed by atoms with Crippen molar-refractivity contribution < 1.29 is 9.59 Å². The van der Waals surface area contributed by atoms with E-state index in [-0.39, 0.29) is 17.9 Å². The van der Waals surface area contributed by atoms with Crippen molar-refractivity contribution in [3.63, 3.8) is 0 Å². The van der Waals surface area contributed by atoms with E-state index >= 15 is 0 Å². The molecule has 1 saturated heterocycles. The Morgan fingerprint density at radius 3 is 2.62 bits per heavy atom. The monoisotopic (exact) mass is 368 g/mol. The van der Waals surface area contributed by atoms with Crippen LogP contribution in [0.3, 0.4) is 0 Å². The number of nitrogens with one attached hydrogen (secondary N) is 1. The maximum atomic E-state index is 12.2. The van der Waals surface area contributed by atoms with E-state index in [4.69, 9.17) is 0 Å². The number of anilines is 1. The lowest BCUT2D eigenvalue weighted by molar-refractivity contribution is -0.121. The predicted octanol–water partition coefficient (Wildman–Crippen LogP) is 3.54. The van der Waals surface area contributed by atoms with Gasteiger partial charge in [0.25, 0.3) is 0 Å². The molecule has 3 rings (SSSR count). The van der Waals surface area contributed by atoms with Gasteiger partial charge in [0.15, 0.2) is 0 Å². The second kappa shape index (κ2) is 8.90. The predicted molar refractivity (Wildman–Crippen MR) is 107 cm³/mol. The summed E-state index contributed by atoms with van der Waals surface area (Å²) in [6.45, 7) is 2.57. The third-order valence-electron chi connectivity index (χ3n) is 4.42. The molecular weight excluding hydrogens is 344 g/mol. The Labute approximate surface area is 159 Å². The molecule has 0 aromatic heterocycles. The summed E-state index contributed by atoms with van der Waals surface area (Å²) in [7, 11) is 0. The molecule has 2 amide bonds. The number of hydrogen-bond acceptors (Lipinski definition) is 3. The largest absolute Gasteiger partial charge is 0.351 e. The maximum Gasteiger partial charge on any atom is 0.229 e. The molecule has 0 radical (unpaired) electrons. The van der Waals surface area contributed by atoms with Gasteiger partial charge in [0, 0.05) is 36.6 Å². The standard InChI is InChI=1S/C21H24N2O2S/c1-16-7-9-19(10-8-16)23-14-18(13-21(23)25)22-20(24)11-12-26-15-17-5-3-2-4-6-17/h2-10,18H,11-15H2,1H3,(H,22,24)/t18-/m0/s1. The third-order valence-corrected chi connectivity index (χ3v) is 5.45. The van der Waals surface area contributed by atoms with Gasteiger partial charge in [0.1, 0.15) is 0 Å². The first-order valence-corrected chi connectivity index (χ1v) is 10.1. The average molecular weight is 369 g/mol. The van der Waals surface area contributed by atoms with Gasteiger partial charge in [-0.1, -0.05) is 48.0 Å². The smallest absolute Gasteiger partial charge is 0.229 e. The molecule has 4 nitrogen and oxygen atoms in total. The molecule has 0 bridgehead atoms. The van der Waals surface area contributed by atoms with Crippen LogP contribution in [0, 0.1) is 6.92 Å². The molecule has 136 valence electrons. The molecule has 2 aromatic carbocycles. The molecule has 0 spiro atoms. The molecule has 0 aliphatic carbocycles. The first kappa shape index (κ1) is 18.5. The first-order valence-electron chi connectivity index (χ1n) is 8.90. The zero-order chi connectivity index (χ0) is 18.4. The third kappa shape index (κ3) is 5.11. The van der Waals surface area contributed by atoms with Crippen molar-refractivity contribution in [2.75, 3.05) is 17.2 Å². The number of carbonyl (C=O) groups is 2. The summed E-state index contributed by atoms with van der Waals surface area (Å²) in [4.78, 5) is 26.1. The topological polar surface area (TPSA) is 49.4 Å². The Balaban J connectivity index is 1.40. The summed E-state index contributed by atoms with van der Waals surface area (Å²) < 4.78 is 0. The van der Waals surface area contributed by atoms with E-state index in [1.54, 1.807) is 16.7 Å². The molecule has 1 atom stereocenters. The number of rotatable bonds is 7. The normalized spacial score (nSPS) is 16.7. The minimum atomic E-state index is -0.101. The molecule has 5 heteroatoms. The SMILES string of the molecule is Cc1ccc(N2C[C@@H](NC(=O)CCSCc3ccccc3)CC2=O)cc1. The summed E-state index contributed by atoms with van der Waals surface area (Å²) in [5.41, 5.74) is 3.34. The van der Waals surface area contributed by atoms with Crippen LogP contribution in [0.25, 0.3) is 0 Å². The van der Waals surface area contributed by atoms with Gasteiger partial charge in [-0.05, 0) is 24.6 Å². The van der Waals surface area contributed by atoms with Gasteiger partial charge in [0.2, 0.25) is 11.8 Å². The summed E-state index contributed by atoms with van der Waals surface area (Å²) in [5, 5.41) is 3.00. The zero-order valence-electron chi connectivity index (χ0n) is 15.0. The van der Waals surface area contributed by atoms with E-state index in [1.165, 1.54) is 11.1 Å². The van der Waals surface area contributed by atoms with Crippen LogP contribution in [0.4, 0.5) is 5.69 Å². The molecule has 2 aromatic rings. The van der Waals surface area contributed by atoms with Crippen molar-refractivity contribution in [3.05, 3.63) is 65.7 Å². The summed E-state index contributed by atoms with van der Waals surface area (Å²) >= 11 is 1.75. The second-order valence-electron chi connectivity index (χ2n) is 6.60. The number of nitrogens with zero attached hydrogens (tertiary/aromatic N) is 1. The number of carbonyl (C=O) groups excluding carboxylic acids is 2. The van der Waals surface area contributed by atoms with Crippen molar-refractivity contribution in [1.82, 2.24) is 5.32 Å². The van der Waals surface area contributed by atoms with Gasteiger partial charge in [-0.3, -0.25) is 9.59 Å². The van der Waals surface area contributed by atoms with E-state index < -0.39 is 0 Å². The molecule has 1 aliphatic rings. The maximum absolute atomic E-state index is 12.2.